The summed E-state index contributed by atoms with van der Waals surface area (Å²) in [5.41, 5.74) is -1.24. The summed E-state index contributed by atoms with van der Waals surface area (Å²) in [6.07, 6.45) is 2.57. The quantitative estimate of drug-likeness (QED) is 0.751. The number of halogens is 1. The zero-order chi connectivity index (χ0) is 14.2. The van der Waals surface area contributed by atoms with E-state index in [4.69, 9.17) is 10.7 Å². The van der Waals surface area contributed by atoms with Crippen LogP contribution in [0, 0.1) is 0 Å². The molecule has 2 aromatic heterocycles. The summed E-state index contributed by atoms with van der Waals surface area (Å²) in [5, 5.41) is 4.04. The fourth-order valence-electron chi connectivity index (χ4n) is 1.50. The molecule has 0 radical (unpaired) electrons. The minimum Gasteiger partial charge on any atom is -0.293 e. The van der Waals surface area contributed by atoms with Gasteiger partial charge in [-0.3, -0.25) is 19.0 Å². The Morgan fingerprint density at radius 1 is 1.42 bits per heavy atom. The summed E-state index contributed by atoms with van der Waals surface area (Å²) < 4.78 is 24.9. The molecule has 0 saturated heterocycles. The Morgan fingerprint density at radius 2 is 2.11 bits per heavy atom. The van der Waals surface area contributed by atoms with E-state index in [1.165, 1.54) is 4.68 Å². The van der Waals surface area contributed by atoms with E-state index in [2.05, 4.69) is 5.10 Å². The van der Waals surface area contributed by atoms with Crippen molar-refractivity contribution in [3.63, 3.8) is 0 Å². The van der Waals surface area contributed by atoms with Gasteiger partial charge in [0.1, 0.15) is 0 Å². The maximum absolute atomic E-state index is 11.6. The predicted molar refractivity (Wildman–Crippen MR) is 66.7 cm³/mol. The highest BCUT2D eigenvalue weighted by molar-refractivity contribution is 8.13. The van der Waals surface area contributed by atoms with Crippen LogP contribution in [-0.2, 0) is 22.6 Å². The third-order valence-corrected chi connectivity index (χ3v) is 3.66. The number of hydrogen-bond acceptors (Lipinski definition) is 5. The molecule has 0 bridgehead atoms. The molecule has 10 heteroatoms. The van der Waals surface area contributed by atoms with Gasteiger partial charge < -0.3 is 0 Å². The molecule has 2 rings (SSSR count). The molecule has 0 fully saturated rings. The van der Waals surface area contributed by atoms with E-state index < -0.39 is 25.2 Å². The topological polar surface area (TPSA) is 107 Å². The highest BCUT2D eigenvalue weighted by Crippen LogP contribution is 2.08. The fourth-order valence-corrected chi connectivity index (χ4v) is 2.36. The van der Waals surface area contributed by atoms with Gasteiger partial charge in [0.15, 0.2) is 4.90 Å². The SMILES string of the molecule is Cn1ccc(Cn2cc(S(=O)(=O)Cl)c(=O)[nH]c2=O)n1. The van der Waals surface area contributed by atoms with Gasteiger partial charge in [-0.2, -0.15) is 5.10 Å². The van der Waals surface area contributed by atoms with Crippen molar-refractivity contribution in [1.29, 1.82) is 0 Å². The van der Waals surface area contributed by atoms with Crippen molar-refractivity contribution >= 4 is 19.7 Å². The van der Waals surface area contributed by atoms with Gasteiger partial charge in [0.05, 0.1) is 12.2 Å². The molecule has 19 heavy (non-hydrogen) atoms. The monoisotopic (exact) mass is 304 g/mol. The van der Waals surface area contributed by atoms with Gasteiger partial charge in [-0.05, 0) is 6.07 Å². The van der Waals surface area contributed by atoms with Crippen LogP contribution in [0.2, 0.25) is 0 Å². The molecule has 0 aliphatic heterocycles. The lowest BCUT2D eigenvalue weighted by molar-refractivity contribution is 0.601. The Kier molecular flexibility index (Phi) is 3.33. The van der Waals surface area contributed by atoms with E-state index in [0.29, 0.717) is 5.69 Å². The van der Waals surface area contributed by atoms with Gasteiger partial charge in [0.25, 0.3) is 14.6 Å². The van der Waals surface area contributed by atoms with Crippen LogP contribution in [0.15, 0.2) is 32.9 Å². The van der Waals surface area contributed by atoms with Gasteiger partial charge in [0.2, 0.25) is 0 Å². The van der Waals surface area contributed by atoms with Crippen LogP contribution in [0.5, 0.6) is 0 Å². The molecule has 0 aliphatic rings. The molecule has 0 atom stereocenters. The number of aromatic amines is 1. The third kappa shape index (κ3) is 2.93. The van der Waals surface area contributed by atoms with E-state index in [9.17, 15) is 18.0 Å². The predicted octanol–water partition coefficient (Wildman–Crippen LogP) is -0.754. The first-order valence-electron chi connectivity index (χ1n) is 5.04. The van der Waals surface area contributed by atoms with Crippen LogP contribution in [0.25, 0.3) is 0 Å². The summed E-state index contributed by atoms with van der Waals surface area (Å²) in [6.45, 7) is 0.0237. The maximum atomic E-state index is 11.6. The smallest absolute Gasteiger partial charge is 0.293 e. The van der Waals surface area contributed by atoms with Gasteiger partial charge >= 0.3 is 5.69 Å². The molecule has 2 heterocycles. The molecule has 0 amide bonds. The van der Waals surface area contributed by atoms with E-state index in [-0.39, 0.29) is 6.54 Å². The molecular formula is C9H9ClN4O4S. The van der Waals surface area contributed by atoms with Gasteiger partial charge in [-0.25, -0.2) is 13.2 Å². The van der Waals surface area contributed by atoms with E-state index in [1.54, 1.807) is 19.3 Å². The second-order valence-electron chi connectivity index (χ2n) is 3.80. The van der Waals surface area contributed by atoms with Crippen molar-refractivity contribution in [3.05, 3.63) is 45.0 Å². The van der Waals surface area contributed by atoms with Crippen LogP contribution < -0.4 is 11.2 Å². The molecule has 0 aliphatic carbocycles. The number of hydrogen-bond donors (Lipinski definition) is 1. The average molecular weight is 305 g/mol. The summed E-state index contributed by atoms with van der Waals surface area (Å²) >= 11 is 0. The van der Waals surface area contributed by atoms with Crippen molar-refractivity contribution < 1.29 is 8.42 Å². The second kappa shape index (κ2) is 4.67. The van der Waals surface area contributed by atoms with Crippen molar-refractivity contribution in [2.75, 3.05) is 0 Å². The summed E-state index contributed by atoms with van der Waals surface area (Å²) in [7, 11) is 2.60. The minimum absolute atomic E-state index is 0.0237. The first kappa shape index (κ1) is 13.6. The first-order chi connectivity index (χ1) is 8.77. The molecular weight excluding hydrogens is 296 g/mol. The summed E-state index contributed by atoms with van der Waals surface area (Å²) in [4.78, 5) is 24.1. The zero-order valence-electron chi connectivity index (χ0n) is 9.70. The first-order valence-corrected chi connectivity index (χ1v) is 7.35. The number of nitrogens with zero attached hydrogens (tertiary/aromatic N) is 3. The molecule has 0 saturated carbocycles. The van der Waals surface area contributed by atoms with Crippen LogP contribution in [-0.4, -0.2) is 27.7 Å². The number of rotatable bonds is 3. The van der Waals surface area contributed by atoms with Crippen LogP contribution >= 0.6 is 10.7 Å². The molecule has 1 N–H and O–H groups in total. The number of H-pyrrole nitrogens is 1. The van der Waals surface area contributed by atoms with Gasteiger partial charge in [-0.15, -0.1) is 0 Å². The van der Waals surface area contributed by atoms with Crippen molar-refractivity contribution in [2.24, 2.45) is 7.05 Å². The van der Waals surface area contributed by atoms with E-state index in [1.807, 2.05) is 4.98 Å². The minimum atomic E-state index is -4.22. The Balaban J connectivity index is 2.53. The Hall–Kier alpha value is -1.87. The standard InChI is InChI=1S/C9H9ClN4O4S/c1-13-3-2-6(12-13)4-14-5-7(19(10,17)18)8(15)11-9(14)16/h2-3,5H,4H2,1H3,(H,11,15,16). The highest BCUT2D eigenvalue weighted by atomic mass is 35.7. The van der Waals surface area contributed by atoms with E-state index >= 15 is 0 Å². The number of aromatic nitrogens is 4. The maximum Gasteiger partial charge on any atom is 0.328 e. The Bertz CT molecular complexity index is 832. The van der Waals surface area contributed by atoms with Gasteiger partial charge in [-0.1, -0.05) is 0 Å². The van der Waals surface area contributed by atoms with Crippen LogP contribution in [0.1, 0.15) is 5.69 Å². The molecule has 8 nitrogen and oxygen atoms in total. The van der Waals surface area contributed by atoms with Crippen molar-refractivity contribution in [1.82, 2.24) is 19.3 Å². The lowest BCUT2D eigenvalue weighted by Crippen LogP contribution is -2.32. The van der Waals surface area contributed by atoms with E-state index in [0.717, 1.165) is 10.8 Å². The zero-order valence-corrected chi connectivity index (χ0v) is 11.3. The highest BCUT2D eigenvalue weighted by Gasteiger charge is 2.17. The largest absolute Gasteiger partial charge is 0.328 e. The average Bonchev–Trinajstić information content (AvgIpc) is 2.66. The summed E-state index contributed by atoms with van der Waals surface area (Å²) in [6, 6.07) is 1.66. The Labute approximate surface area is 111 Å². The lowest BCUT2D eigenvalue weighted by atomic mass is 10.4. The third-order valence-electron chi connectivity index (χ3n) is 2.34. The normalized spacial score (nSPS) is 11.7. The Morgan fingerprint density at radius 3 is 2.63 bits per heavy atom. The second-order valence-corrected chi connectivity index (χ2v) is 6.33. The fraction of sp³-hybridized carbons (Fsp3) is 0.222. The van der Waals surface area contributed by atoms with Crippen molar-refractivity contribution in [3.8, 4) is 0 Å². The molecule has 0 spiro atoms. The molecule has 0 aromatic carbocycles. The molecule has 0 unspecified atom stereocenters. The van der Waals surface area contributed by atoms with Crippen LogP contribution in [0.4, 0.5) is 0 Å². The number of nitrogens with one attached hydrogen (secondary N) is 1. The molecule has 2 aromatic rings. The van der Waals surface area contributed by atoms with Crippen molar-refractivity contribution in [2.45, 2.75) is 11.4 Å². The van der Waals surface area contributed by atoms with Crippen LogP contribution in [0.3, 0.4) is 0 Å². The molecule has 102 valence electrons. The lowest BCUT2D eigenvalue weighted by Gasteiger charge is -2.04. The number of aryl methyl sites for hydroxylation is 1. The van der Waals surface area contributed by atoms with Gasteiger partial charge in [0, 0.05) is 30.1 Å². The summed E-state index contributed by atoms with van der Waals surface area (Å²) in [5.74, 6) is 0.